The Balaban J connectivity index is 1.18. The average Bonchev–Trinajstić information content (AvgIpc) is 3.22. The lowest BCUT2D eigenvalue weighted by Crippen LogP contribution is -2.61. The first-order valence-electron chi connectivity index (χ1n) is 17.6. The highest BCUT2D eigenvalue weighted by Gasteiger charge is 2.43. The Morgan fingerprint density at radius 3 is 1.20 bits per heavy atom. The number of hydrogen-bond acceptors (Lipinski definition) is 2. The summed E-state index contributed by atoms with van der Waals surface area (Å²) in [6.07, 6.45) is 0. The van der Waals surface area contributed by atoms with E-state index in [2.05, 4.69) is 210 Å². The number of fused-ring (bicyclic) bond motifs is 4. The van der Waals surface area contributed by atoms with Crippen LogP contribution in [0.4, 0.5) is 34.1 Å². The van der Waals surface area contributed by atoms with Gasteiger partial charge in [0.15, 0.2) is 0 Å². The molecular formula is C48H33BN2. The van der Waals surface area contributed by atoms with Crippen molar-refractivity contribution in [2.24, 2.45) is 0 Å². The number of benzene rings is 8. The smallest absolute Gasteiger partial charge is 0.252 e. The lowest BCUT2D eigenvalue weighted by molar-refractivity contribution is 1.25. The van der Waals surface area contributed by atoms with E-state index in [0.717, 1.165) is 11.4 Å². The van der Waals surface area contributed by atoms with Crippen molar-refractivity contribution in [1.82, 2.24) is 0 Å². The molecule has 0 atom stereocenters. The molecule has 0 aromatic heterocycles. The molecule has 51 heavy (non-hydrogen) atoms. The lowest BCUT2D eigenvalue weighted by atomic mass is 9.33. The molecule has 0 radical (unpaired) electrons. The molecule has 2 aliphatic rings. The van der Waals surface area contributed by atoms with Crippen LogP contribution in [-0.4, -0.2) is 6.71 Å². The second-order valence-electron chi connectivity index (χ2n) is 13.3. The molecule has 2 aliphatic heterocycles. The van der Waals surface area contributed by atoms with Crippen molar-refractivity contribution in [2.45, 2.75) is 0 Å². The topological polar surface area (TPSA) is 6.48 Å². The Bertz CT molecular complexity index is 2500. The summed E-state index contributed by atoms with van der Waals surface area (Å²) >= 11 is 0. The monoisotopic (exact) mass is 648 g/mol. The van der Waals surface area contributed by atoms with E-state index in [1.807, 2.05) is 0 Å². The Hall–Kier alpha value is -6.58. The SMILES string of the molecule is c1ccc(-c2ccc(N3c4ccccc4B4c5cc(-c6ccccc6)ccc5N(c5ccc(-c6ccccc6)cc5)c5cccc3c54)cc2)cc1. The molecule has 0 bridgehead atoms. The van der Waals surface area contributed by atoms with Gasteiger partial charge in [-0.1, -0.05) is 152 Å². The first-order chi connectivity index (χ1) is 25.3. The molecule has 0 unspecified atom stereocenters. The quantitative estimate of drug-likeness (QED) is 0.171. The average molecular weight is 649 g/mol. The van der Waals surface area contributed by atoms with E-state index in [-0.39, 0.29) is 6.71 Å². The van der Waals surface area contributed by atoms with Gasteiger partial charge in [0, 0.05) is 34.1 Å². The van der Waals surface area contributed by atoms with E-state index >= 15 is 0 Å². The molecule has 0 amide bonds. The molecule has 2 heterocycles. The van der Waals surface area contributed by atoms with Crippen molar-refractivity contribution in [1.29, 1.82) is 0 Å². The zero-order chi connectivity index (χ0) is 33.7. The second-order valence-corrected chi connectivity index (χ2v) is 13.3. The van der Waals surface area contributed by atoms with E-state index in [0.29, 0.717) is 0 Å². The van der Waals surface area contributed by atoms with E-state index in [1.54, 1.807) is 0 Å². The Kier molecular flexibility index (Phi) is 6.95. The van der Waals surface area contributed by atoms with Crippen LogP contribution in [-0.2, 0) is 0 Å². The van der Waals surface area contributed by atoms with Gasteiger partial charge in [-0.25, -0.2) is 0 Å². The number of nitrogens with zero attached hydrogens (tertiary/aromatic N) is 2. The Labute approximate surface area is 299 Å². The first kappa shape index (κ1) is 29.4. The van der Waals surface area contributed by atoms with E-state index in [4.69, 9.17) is 0 Å². The van der Waals surface area contributed by atoms with Crippen LogP contribution in [0, 0.1) is 0 Å². The van der Waals surface area contributed by atoms with Crippen LogP contribution in [0.25, 0.3) is 33.4 Å². The highest BCUT2D eigenvalue weighted by atomic mass is 15.2. The summed E-state index contributed by atoms with van der Waals surface area (Å²) < 4.78 is 0. The maximum absolute atomic E-state index is 2.47. The highest BCUT2D eigenvalue weighted by Crippen LogP contribution is 2.44. The summed E-state index contributed by atoms with van der Waals surface area (Å²) in [7, 11) is 0. The van der Waals surface area contributed by atoms with Crippen LogP contribution in [0.2, 0.25) is 0 Å². The fourth-order valence-electron chi connectivity index (χ4n) is 8.12. The third-order valence-electron chi connectivity index (χ3n) is 10.5. The normalized spacial score (nSPS) is 12.6. The third kappa shape index (κ3) is 4.89. The second kappa shape index (κ2) is 12.1. The largest absolute Gasteiger partial charge is 0.311 e. The van der Waals surface area contributed by atoms with Crippen LogP contribution in [0.1, 0.15) is 0 Å². The summed E-state index contributed by atoms with van der Waals surface area (Å²) in [5, 5.41) is 0. The molecule has 8 aromatic carbocycles. The van der Waals surface area contributed by atoms with Crippen molar-refractivity contribution in [3.63, 3.8) is 0 Å². The van der Waals surface area contributed by atoms with Crippen molar-refractivity contribution in [2.75, 3.05) is 9.80 Å². The zero-order valence-corrected chi connectivity index (χ0v) is 28.0. The third-order valence-corrected chi connectivity index (χ3v) is 10.5. The minimum Gasteiger partial charge on any atom is -0.311 e. The van der Waals surface area contributed by atoms with Gasteiger partial charge in [-0.15, -0.1) is 0 Å². The summed E-state index contributed by atoms with van der Waals surface area (Å²) in [6, 6.07) is 72.9. The predicted octanol–water partition coefficient (Wildman–Crippen LogP) is 10.8. The minimum absolute atomic E-state index is 0.0748. The van der Waals surface area contributed by atoms with Gasteiger partial charge in [-0.2, -0.15) is 0 Å². The fourth-order valence-corrected chi connectivity index (χ4v) is 8.12. The maximum atomic E-state index is 2.47. The maximum Gasteiger partial charge on any atom is 0.252 e. The molecule has 2 nitrogen and oxygen atoms in total. The predicted molar refractivity (Wildman–Crippen MR) is 217 cm³/mol. The molecule has 0 saturated heterocycles. The van der Waals surface area contributed by atoms with Crippen LogP contribution >= 0.6 is 0 Å². The standard InChI is InChI=1S/C48H33BN2/c1-4-13-34(14-5-1)37-23-28-40(29-24-37)50-44-20-11-10-19-42(44)49-43-33-39(36-17-8-3-9-18-36)27-32-45(43)51(47-22-12-21-46(50)48(47)49)41-30-25-38(26-31-41)35-15-6-2-7-16-35/h1-33H. The van der Waals surface area contributed by atoms with Gasteiger partial charge in [0.25, 0.3) is 6.71 Å². The van der Waals surface area contributed by atoms with Gasteiger partial charge in [0.2, 0.25) is 0 Å². The van der Waals surface area contributed by atoms with Gasteiger partial charge in [0.1, 0.15) is 0 Å². The van der Waals surface area contributed by atoms with Crippen molar-refractivity contribution < 1.29 is 0 Å². The summed E-state index contributed by atoms with van der Waals surface area (Å²) in [5.74, 6) is 0. The lowest BCUT2D eigenvalue weighted by Gasteiger charge is -2.44. The number of para-hydroxylation sites is 1. The molecule has 8 aromatic rings. The molecule has 238 valence electrons. The minimum atomic E-state index is 0.0748. The van der Waals surface area contributed by atoms with Crippen LogP contribution < -0.4 is 26.2 Å². The molecule has 10 rings (SSSR count). The molecule has 0 aliphatic carbocycles. The number of anilines is 6. The summed E-state index contributed by atoms with van der Waals surface area (Å²) in [4.78, 5) is 4.93. The molecule has 0 N–H and O–H groups in total. The van der Waals surface area contributed by atoms with Gasteiger partial charge in [-0.3, -0.25) is 0 Å². The molecule has 0 spiro atoms. The number of rotatable bonds is 5. The van der Waals surface area contributed by atoms with Gasteiger partial charge >= 0.3 is 0 Å². The summed E-state index contributed by atoms with van der Waals surface area (Å²) in [6.45, 7) is 0.0748. The fraction of sp³-hybridized carbons (Fsp3) is 0. The van der Waals surface area contributed by atoms with Crippen LogP contribution in [0.5, 0.6) is 0 Å². The van der Waals surface area contributed by atoms with E-state index in [9.17, 15) is 0 Å². The van der Waals surface area contributed by atoms with Gasteiger partial charge in [0.05, 0.1) is 0 Å². The van der Waals surface area contributed by atoms with Crippen LogP contribution in [0.3, 0.4) is 0 Å². The van der Waals surface area contributed by atoms with Gasteiger partial charge in [-0.05, 0) is 98.3 Å². The Morgan fingerprint density at radius 1 is 0.275 bits per heavy atom. The highest BCUT2D eigenvalue weighted by molar-refractivity contribution is 7.00. The van der Waals surface area contributed by atoms with E-state index in [1.165, 1.54) is 72.5 Å². The number of hydrogen-bond donors (Lipinski definition) is 0. The molecule has 0 saturated carbocycles. The molecule has 0 fully saturated rings. The van der Waals surface area contributed by atoms with E-state index < -0.39 is 0 Å². The zero-order valence-electron chi connectivity index (χ0n) is 28.0. The van der Waals surface area contributed by atoms with Crippen molar-refractivity contribution in [3.05, 3.63) is 200 Å². The van der Waals surface area contributed by atoms with Crippen LogP contribution in [0.15, 0.2) is 200 Å². The van der Waals surface area contributed by atoms with Crippen molar-refractivity contribution >= 4 is 57.2 Å². The summed E-state index contributed by atoms with van der Waals surface area (Å²) in [5.41, 5.74) is 18.4. The van der Waals surface area contributed by atoms with Crippen molar-refractivity contribution in [3.8, 4) is 33.4 Å². The van der Waals surface area contributed by atoms with Gasteiger partial charge < -0.3 is 9.80 Å². The first-order valence-corrected chi connectivity index (χ1v) is 17.6. The molecule has 3 heteroatoms. The Morgan fingerprint density at radius 2 is 0.667 bits per heavy atom. The molecular weight excluding hydrogens is 615 g/mol.